The summed E-state index contributed by atoms with van der Waals surface area (Å²) >= 11 is 1.32. The summed E-state index contributed by atoms with van der Waals surface area (Å²) in [6.45, 7) is 1.72. The minimum Gasteiger partial charge on any atom is -0.298 e. The summed E-state index contributed by atoms with van der Waals surface area (Å²) < 4.78 is 15.4. The maximum atomic E-state index is 14.0. The zero-order valence-electron chi connectivity index (χ0n) is 14.3. The van der Waals surface area contributed by atoms with Gasteiger partial charge in [-0.05, 0) is 31.2 Å². The van der Waals surface area contributed by atoms with Gasteiger partial charge in [0, 0.05) is 23.3 Å². The zero-order chi connectivity index (χ0) is 18.8. The minimum atomic E-state index is -0.406. The number of carbonyl (C=O) groups excluding carboxylic acids is 1. The number of aromatic nitrogens is 4. The summed E-state index contributed by atoms with van der Waals surface area (Å²) in [6.07, 6.45) is 4.82. The first-order valence-corrected chi connectivity index (χ1v) is 8.98. The molecular weight excluding hydrogens is 365 g/mol. The van der Waals surface area contributed by atoms with Gasteiger partial charge < -0.3 is 0 Å². The van der Waals surface area contributed by atoms with E-state index in [0.717, 1.165) is 11.3 Å². The van der Waals surface area contributed by atoms with Gasteiger partial charge in [0.05, 0.1) is 23.1 Å². The van der Waals surface area contributed by atoms with Crippen molar-refractivity contribution < 1.29 is 9.18 Å². The Balaban J connectivity index is 1.56. The Bertz CT molecular complexity index is 1110. The van der Waals surface area contributed by atoms with Crippen LogP contribution in [0.15, 0.2) is 60.4 Å². The van der Waals surface area contributed by atoms with Gasteiger partial charge in [-0.3, -0.25) is 15.1 Å². The molecule has 3 aromatic heterocycles. The SMILES string of the molecule is Cc1c(C(=O)Nc2nc(-c3cccnc3)cs2)cnn1-c1ccccc1F. The molecule has 3 heterocycles. The average molecular weight is 379 g/mol. The van der Waals surface area contributed by atoms with Crippen molar-refractivity contribution in [2.75, 3.05) is 5.32 Å². The third-order valence-corrected chi connectivity index (χ3v) is 4.77. The molecular formula is C19H14FN5OS. The van der Waals surface area contributed by atoms with Crippen molar-refractivity contribution in [3.8, 4) is 16.9 Å². The summed E-state index contributed by atoms with van der Waals surface area (Å²) in [4.78, 5) is 21.1. The predicted molar refractivity (Wildman–Crippen MR) is 102 cm³/mol. The number of benzene rings is 1. The molecule has 134 valence electrons. The molecule has 0 spiro atoms. The van der Waals surface area contributed by atoms with E-state index in [2.05, 4.69) is 20.4 Å². The summed E-state index contributed by atoms with van der Waals surface area (Å²) in [5, 5.41) is 9.24. The van der Waals surface area contributed by atoms with Crippen LogP contribution in [-0.4, -0.2) is 25.7 Å². The van der Waals surface area contributed by atoms with E-state index < -0.39 is 5.82 Å². The van der Waals surface area contributed by atoms with Crippen LogP contribution in [0.4, 0.5) is 9.52 Å². The lowest BCUT2D eigenvalue weighted by molar-refractivity contribution is 0.102. The number of carbonyl (C=O) groups is 1. The van der Waals surface area contributed by atoms with Crippen molar-refractivity contribution in [1.29, 1.82) is 0 Å². The Hall–Kier alpha value is -3.39. The number of nitrogens with one attached hydrogen (secondary N) is 1. The molecule has 0 bridgehead atoms. The van der Waals surface area contributed by atoms with Gasteiger partial charge in [-0.15, -0.1) is 11.3 Å². The number of rotatable bonds is 4. The maximum Gasteiger partial charge on any atom is 0.260 e. The molecule has 0 saturated heterocycles. The first-order chi connectivity index (χ1) is 13.1. The summed E-state index contributed by atoms with van der Waals surface area (Å²) in [7, 11) is 0. The topological polar surface area (TPSA) is 72.7 Å². The van der Waals surface area contributed by atoms with Gasteiger partial charge in [-0.25, -0.2) is 14.1 Å². The van der Waals surface area contributed by atoms with Gasteiger partial charge in [0.25, 0.3) is 5.91 Å². The van der Waals surface area contributed by atoms with Crippen LogP contribution in [0.5, 0.6) is 0 Å². The van der Waals surface area contributed by atoms with Crippen LogP contribution in [0.1, 0.15) is 16.1 Å². The highest BCUT2D eigenvalue weighted by Crippen LogP contribution is 2.25. The highest BCUT2D eigenvalue weighted by Gasteiger charge is 2.18. The van der Waals surface area contributed by atoms with Crippen molar-refractivity contribution in [2.45, 2.75) is 6.92 Å². The lowest BCUT2D eigenvalue weighted by atomic mass is 10.2. The Labute approximate surface area is 158 Å². The Morgan fingerprint density at radius 1 is 1.19 bits per heavy atom. The molecule has 4 aromatic rings. The lowest BCUT2D eigenvalue weighted by Crippen LogP contribution is -2.13. The quantitative estimate of drug-likeness (QED) is 0.580. The number of hydrogen-bond acceptors (Lipinski definition) is 5. The minimum absolute atomic E-state index is 0.294. The van der Waals surface area contributed by atoms with Crippen molar-refractivity contribution in [1.82, 2.24) is 19.7 Å². The van der Waals surface area contributed by atoms with E-state index in [9.17, 15) is 9.18 Å². The average Bonchev–Trinajstić information content (AvgIpc) is 3.30. The largest absolute Gasteiger partial charge is 0.298 e. The highest BCUT2D eigenvalue weighted by molar-refractivity contribution is 7.14. The normalized spacial score (nSPS) is 10.7. The van der Waals surface area contributed by atoms with Crippen LogP contribution >= 0.6 is 11.3 Å². The molecule has 0 aliphatic carbocycles. The molecule has 1 amide bonds. The molecule has 6 nitrogen and oxygen atoms in total. The van der Waals surface area contributed by atoms with E-state index in [0.29, 0.717) is 22.1 Å². The van der Waals surface area contributed by atoms with Crippen LogP contribution in [0, 0.1) is 12.7 Å². The molecule has 0 aliphatic rings. The number of hydrogen-bond donors (Lipinski definition) is 1. The van der Waals surface area contributed by atoms with Crippen molar-refractivity contribution in [2.24, 2.45) is 0 Å². The van der Waals surface area contributed by atoms with E-state index >= 15 is 0 Å². The highest BCUT2D eigenvalue weighted by atomic mass is 32.1. The molecule has 1 N–H and O–H groups in total. The van der Waals surface area contributed by atoms with Crippen LogP contribution in [-0.2, 0) is 0 Å². The van der Waals surface area contributed by atoms with Crippen LogP contribution < -0.4 is 5.32 Å². The van der Waals surface area contributed by atoms with E-state index in [1.54, 1.807) is 37.5 Å². The molecule has 0 atom stereocenters. The second-order valence-corrected chi connectivity index (χ2v) is 6.60. The van der Waals surface area contributed by atoms with E-state index in [4.69, 9.17) is 0 Å². The van der Waals surface area contributed by atoms with Gasteiger partial charge in [0.1, 0.15) is 11.5 Å². The van der Waals surface area contributed by atoms with E-state index in [-0.39, 0.29) is 5.91 Å². The number of halogens is 1. The molecule has 0 aliphatic heterocycles. The number of anilines is 1. The fraction of sp³-hybridized carbons (Fsp3) is 0.0526. The van der Waals surface area contributed by atoms with Gasteiger partial charge in [-0.1, -0.05) is 12.1 Å². The third kappa shape index (κ3) is 3.34. The molecule has 0 unspecified atom stereocenters. The molecule has 4 rings (SSSR count). The Kier molecular flexibility index (Phi) is 4.47. The monoisotopic (exact) mass is 379 g/mol. The Morgan fingerprint density at radius 3 is 2.81 bits per heavy atom. The first-order valence-electron chi connectivity index (χ1n) is 8.10. The number of para-hydroxylation sites is 1. The fourth-order valence-corrected chi connectivity index (χ4v) is 3.36. The molecule has 0 fully saturated rings. The lowest BCUT2D eigenvalue weighted by Gasteiger charge is -2.06. The molecule has 0 radical (unpaired) electrons. The van der Waals surface area contributed by atoms with Crippen LogP contribution in [0.2, 0.25) is 0 Å². The predicted octanol–water partition coefficient (Wildman–Crippen LogP) is 4.09. The van der Waals surface area contributed by atoms with Gasteiger partial charge in [0.15, 0.2) is 5.13 Å². The maximum absolute atomic E-state index is 14.0. The second kappa shape index (κ2) is 7.08. The first kappa shape index (κ1) is 17.0. The summed E-state index contributed by atoms with van der Waals surface area (Å²) in [5.74, 6) is -0.751. The standard InChI is InChI=1S/C19H14FN5OS/c1-12-14(10-22-25(12)17-7-3-2-6-15(17)20)18(26)24-19-23-16(11-27-19)13-5-4-8-21-9-13/h2-11H,1H3,(H,23,24,26). The zero-order valence-corrected chi connectivity index (χ0v) is 15.1. The molecule has 1 aromatic carbocycles. The van der Waals surface area contributed by atoms with Crippen molar-refractivity contribution in [3.63, 3.8) is 0 Å². The van der Waals surface area contributed by atoms with Crippen molar-refractivity contribution >= 4 is 22.4 Å². The van der Waals surface area contributed by atoms with Crippen LogP contribution in [0.25, 0.3) is 16.9 Å². The van der Waals surface area contributed by atoms with Crippen molar-refractivity contribution in [3.05, 3.63) is 77.4 Å². The molecule has 8 heteroatoms. The number of nitrogens with zero attached hydrogens (tertiary/aromatic N) is 4. The third-order valence-electron chi connectivity index (χ3n) is 4.02. The van der Waals surface area contributed by atoms with E-state index in [1.165, 1.54) is 28.3 Å². The molecule has 0 saturated carbocycles. The van der Waals surface area contributed by atoms with Gasteiger partial charge in [0.2, 0.25) is 0 Å². The van der Waals surface area contributed by atoms with E-state index in [1.807, 2.05) is 17.5 Å². The fourth-order valence-electron chi connectivity index (χ4n) is 2.64. The van der Waals surface area contributed by atoms with Gasteiger partial charge >= 0.3 is 0 Å². The summed E-state index contributed by atoms with van der Waals surface area (Å²) in [6, 6.07) is 10.0. The Morgan fingerprint density at radius 2 is 2.04 bits per heavy atom. The number of thiazole rings is 1. The van der Waals surface area contributed by atoms with Gasteiger partial charge in [-0.2, -0.15) is 5.10 Å². The second-order valence-electron chi connectivity index (χ2n) is 5.74. The summed E-state index contributed by atoms with van der Waals surface area (Å²) in [5.41, 5.74) is 2.81. The number of amides is 1. The number of pyridine rings is 1. The molecule has 27 heavy (non-hydrogen) atoms. The smallest absolute Gasteiger partial charge is 0.260 e. The van der Waals surface area contributed by atoms with Crippen LogP contribution in [0.3, 0.4) is 0 Å².